The van der Waals surface area contributed by atoms with Gasteiger partial charge in [0.15, 0.2) is 6.29 Å². The van der Waals surface area contributed by atoms with Gasteiger partial charge in [-0.2, -0.15) is 4.39 Å². The molecule has 0 aliphatic carbocycles. The molecule has 5 nitrogen and oxygen atoms in total. The van der Waals surface area contributed by atoms with Crippen LogP contribution in [0.15, 0.2) is 36.4 Å². The summed E-state index contributed by atoms with van der Waals surface area (Å²) in [5, 5.41) is 10.8. The maximum absolute atomic E-state index is 13.5. The topological polar surface area (TPSA) is 69.4 Å². The Morgan fingerprint density at radius 3 is 2.71 bits per heavy atom. The second-order valence-corrected chi connectivity index (χ2v) is 4.51. The molecule has 0 amide bonds. The van der Waals surface area contributed by atoms with E-state index in [0.29, 0.717) is 11.8 Å². The standard InChI is InChI=1S/C14H9ClFNO4/c15-11-3-1-2-10(7-18)14(11)21-8-9-4-5-13(17(19)20)12(16)6-9/h1-7H,8H2. The van der Waals surface area contributed by atoms with Crippen LogP contribution in [-0.2, 0) is 6.61 Å². The van der Waals surface area contributed by atoms with Crippen molar-refractivity contribution < 1.29 is 18.8 Å². The third kappa shape index (κ3) is 3.35. The molecule has 0 aliphatic heterocycles. The van der Waals surface area contributed by atoms with Gasteiger partial charge in [0.2, 0.25) is 5.82 Å². The van der Waals surface area contributed by atoms with Crippen molar-refractivity contribution in [3.63, 3.8) is 0 Å². The van der Waals surface area contributed by atoms with Crippen molar-refractivity contribution in [2.24, 2.45) is 0 Å². The molecule has 0 saturated carbocycles. The molecule has 0 saturated heterocycles. The van der Waals surface area contributed by atoms with Gasteiger partial charge in [-0.1, -0.05) is 17.7 Å². The second kappa shape index (κ2) is 6.32. The van der Waals surface area contributed by atoms with Crippen molar-refractivity contribution in [3.05, 3.63) is 68.5 Å². The van der Waals surface area contributed by atoms with Gasteiger partial charge < -0.3 is 4.74 Å². The van der Waals surface area contributed by atoms with E-state index >= 15 is 0 Å². The predicted octanol–water partition coefficient (Wildman–Crippen LogP) is 3.78. The Labute approximate surface area is 124 Å². The Hall–Kier alpha value is -2.47. The number of halogens is 2. The van der Waals surface area contributed by atoms with Crippen LogP contribution in [0.2, 0.25) is 5.02 Å². The van der Waals surface area contributed by atoms with Gasteiger partial charge in [-0.25, -0.2) is 0 Å². The highest BCUT2D eigenvalue weighted by atomic mass is 35.5. The summed E-state index contributed by atoms with van der Waals surface area (Å²) in [5.41, 5.74) is 0.0461. The molecule has 2 aromatic carbocycles. The first-order chi connectivity index (χ1) is 10.0. The fourth-order valence-electron chi connectivity index (χ4n) is 1.71. The number of aldehydes is 1. The Bertz CT molecular complexity index is 705. The van der Waals surface area contributed by atoms with Crippen molar-refractivity contribution >= 4 is 23.6 Å². The van der Waals surface area contributed by atoms with Crippen LogP contribution in [0.5, 0.6) is 5.75 Å². The monoisotopic (exact) mass is 309 g/mol. The third-order valence-electron chi connectivity index (χ3n) is 2.72. The number of ether oxygens (including phenoxy) is 1. The minimum absolute atomic E-state index is 0.0700. The van der Waals surface area contributed by atoms with E-state index in [1.165, 1.54) is 12.1 Å². The molecule has 0 aliphatic rings. The van der Waals surface area contributed by atoms with Crippen LogP contribution in [0.25, 0.3) is 0 Å². The molecule has 0 spiro atoms. The molecule has 0 bridgehead atoms. The van der Waals surface area contributed by atoms with Gasteiger partial charge in [-0.15, -0.1) is 0 Å². The second-order valence-electron chi connectivity index (χ2n) is 4.11. The molecule has 0 radical (unpaired) electrons. The van der Waals surface area contributed by atoms with E-state index in [4.69, 9.17) is 16.3 Å². The van der Waals surface area contributed by atoms with Gasteiger partial charge in [-0.3, -0.25) is 14.9 Å². The van der Waals surface area contributed by atoms with Crippen LogP contribution >= 0.6 is 11.6 Å². The zero-order valence-electron chi connectivity index (χ0n) is 10.6. The van der Waals surface area contributed by atoms with Crippen LogP contribution in [-0.4, -0.2) is 11.2 Å². The summed E-state index contributed by atoms with van der Waals surface area (Å²) in [6.45, 7) is -0.0700. The molecule has 0 unspecified atom stereocenters. The molecule has 0 heterocycles. The lowest BCUT2D eigenvalue weighted by Gasteiger charge is -2.10. The number of nitrogens with zero attached hydrogens (tertiary/aromatic N) is 1. The van der Waals surface area contributed by atoms with Gasteiger partial charge >= 0.3 is 5.69 Å². The average Bonchev–Trinajstić information content (AvgIpc) is 2.45. The summed E-state index contributed by atoms with van der Waals surface area (Å²) in [5.74, 6) is -0.760. The highest BCUT2D eigenvalue weighted by Gasteiger charge is 2.14. The molecule has 21 heavy (non-hydrogen) atoms. The lowest BCUT2D eigenvalue weighted by molar-refractivity contribution is -0.387. The molecule has 0 aromatic heterocycles. The highest BCUT2D eigenvalue weighted by Crippen LogP contribution is 2.28. The van der Waals surface area contributed by atoms with Crippen molar-refractivity contribution in [2.45, 2.75) is 6.61 Å². The van der Waals surface area contributed by atoms with E-state index in [1.807, 2.05) is 0 Å². The van der Waals surface area contributed by atoms with E-state index in [1.54, 1.807) is 12.1 Å². The largest absolute Gasteiger partial charge is 0.487 e. The highest BCUT2D eigenvalue weighted by molar-refractivity contribution is 6.32. The van der Waals surface area contributed by atoms with E-state index in [-0.39, 0.29) is 22.9 Å². The maximum atomic E-state index is 13.5. The smallest absolute Gasteiger partial charge is 0.304 e. The Kier molecular flexibility index (Phi) is 4.49. The number of benzene rings is 2. The number of nitro benzene ring substituents is 1. The van der Waals surface area contributed by atoms with Crippen molar-refractivity contribution in [2.75, 3.05) is 0 Å². The number of hydrogen-bond donors (Lipinski definition) is 0. The average molecular weight is 310 g/mol. The quantitative estimate of drug-likeness (QED) is 0.479. The number of carbonyl (C=O) groups excluding carboxylic acids is 1. The first-order valence-electron chi connectivity index (χ1n) is 5.82. The number of hydrogen-bond acceptors (Lipinski definition) is 4. The van der Waals surface area contributed by atoms with Gasteiger partial charge in [-0.05, 0) is 29.8 Å². The van der Waals surface area contributed by atoms with E-state index in [9.17, 15) is 19.3 Å². The normalized spacial score (nSPS) is 10.2. The minimum Gasteiger partial charge on any atom is -0.487 e. The molecule has 2 aromatic rings. The Morgan fingerprint density at radius 2 is 2.10 bits per heavy atom. The summed E-state index contributed by atoms with van der Waals surface area (Å²) < 4.78 is 18.9. The Morgan fingerprint density at radius 1 is 1.33 bits per heavy atom. The zero-order valence-corrected chi connectivity index (χ0v) is 11.3. The minimum atomic E-state index is -0.948. The number of para-hydroxylation sites is 1. The number of nitro groups is 1. The fraction of sp³-hybridized carbons (Fsp3) is 0.0714. The maximum Gasteiger partial charge on any atom is 0.304 e. The lowest BCUT2D eigenvalue weighted by atomic mass is 10.2. The van der Waals surface area contributed by atoms with E-state index in [0.717, 1.165) is 12.1 Å². The molecule has 0 fully saturated rings. The molecule has 2 rings (SSSR count). The van der Waals surface area contributed by atoms with E-state index in [2.05, 4.69) is 0 Å². The first-order valence-corrected chi connectivity index (χ1v) is 6.20. The van der Waals surface area contributed by atoms with Crippen LogP contribution in [0.3, 0.4) is 0 Å². The van der Waals surface area contributed by atoms with Crippen LogP contribution < -0.4 is 4.74 Å². The van der Waals surface area contributed by atoms with Crippen LogP contribution in [0.4, 0.5) is 10.1 Å². The zero-order chi connectivity index (χ0) is 15.4. The lowest BCUT2D eigenvalue weighted by Crippen LogP contribution is -2.00. The van der Waals surface area contributed by atoms with Gasteiger partial charge in [0, 0.05) is 6.07 Å². The third-order valence-corrected chi connectivity index (χ3v) is 3.01. The number of carbonyl (C=O) groups is 1. The van der Waals surface area contributed by atoms with E-state index < -0.39 is 16.4 Å². The van der Waals surface area contributed by atoms with Crippen molar-refractivity contribution in [3.8, 4) is 5.75 Å². The summed E-state index contributed by atoms with van der Waals surface area (Å²) in [7, 11) is 0. The summed E-state index contributed by atoms with van der Waals surface area (Å²) in [4.78, 5) is 20.6. The molecule has 0 atom stereocenters. The van der Waals surface area contributed by atoms with Crippen molar-refractivity contribution in [1.82, 2.24) is 0 Å². The van der Waals surface area contributed by atoms with Crippen LogP contribution in [0.1, 0.15) is 15.9 Å². The number of rotatable bonds is 5. The molecular weight excluding hydrogens is 301 g/mol. The van der Waals surface area contributed by atoms with Gasteiger partial charge in [0.25, 0.3) is 0 Å². The van der Waals surface area contributed by atoms with Crippen LogP contribution in [0, 0.1) is 15.9 Å². The summed E-state index contributed by atoms with van der Waals surface area (Å²) in [6.07, 6.45) is 0.595. The molecule has 108 valence electrons. The van der Waals surface area contributed by atoms with Crippen molar-refractivity contribution in [1.29, 1.82) is 0 Å². The summed E-state index contributed by atoms with van der Waals surface area (Å²) >= 11 is 5.93. The van der Waals surface area contributed by atoms with Gasteiger partial charge in [0.05, 0.1) is 15.5 Å². The SMILES string of the molecule is O=Cc1cccc(Cl)c1OCc1ccc([N+](=O)[O-])c(F)c1. The van der Waals surface area contributed by atoms with Gasteiger partial charge in [0.1, 0.15) is 12.4 Å². The summed E-state index contributed by atoms with van der Waals surface area (Å²) in [6, 6.07) is 8.13. The predicted molar refractivity (Wildman–Crippen MR) is 74.2 cm³/mol. The Balaban J connectivity index is 2.19. The molecule has 0 N–H and O–H groups in total. The molecule has 7 heteroatoms. The fourth-order valence-corrected chi connectivity index (χ4v) is 1.95. The first kappa shape index (κ1) is 14.9. The molecular formula is C14H9ClFNO4.